The molecule has 4 aliphatic rings. The lowest BCUT2D eigenvalue weighted by atomic mass is 9.87. The molecule has 26 heavy (non-hydrogen) atoms. The van der Waals surface area contributed by atoms with Gasteiger partial charge in [0.1, 0.15) is 12.4 Å². The molecule has 0 radical (unpaired) electrons. The molecule has 4 heterocycles. The summed E-state index contributed by atoms with van der Waals surface area (Å²) < 4.78 is 5.61. The Hall–Kier alpha value is -1.28. The molecule has 7 nitrogen and oxygen atoms in total. The molecule has 0 amide bonds. The Bertz CT molecular complexity index is 609. The largest absolute Gasteiger partial charge is 0.481 e. The molecule has 0 aromatic heterocycles. The summed E-state index contributed by atoms with van der Waals surface area (Å²) in [5, 5.41) is 20.1. The van der Waals surface area contributed by atoms with Gasteiger partial charge in [-0.05, 0) is 39.2 Å². The minimum atomic E-state index is -0.356. The van der Waals surface area contributed by atoms with Gasteiger partial charge in [-0.15, -0.1) is 0 Å². The smallest absolute Gasteiger partial charge is 0.184 e. The van der Waals surface area contributed by atoms with E-state index in [4.69, 9.17) is 14.7 Å². The first-order valence-corrected chi connectivity index (χ1v) is 9.99. The van der Waals surface area contributed by atoms with E-state index in [1.165, 1.54) is 11.3 Å². The van der Waals surface area contributed by atoms with Crippen LogP contribution in [0.2, 0.25) is 0 Å². The van der Waals surface area contributed by atoms with Crippen molar-refractivity contribution in [2.75, 3.05) is 19.7 Å². The van der Waals surface area contributed by atoms with Crippen LogP contribution in [-0.2, 0) is 4.74 Å². The lowest BCUT2D eigenvalue weighted by molar-refractivity contribution is 0.0992. The van der Waals surface area contributed by atoms with Crippen molar-refractivity contribution in [1.29, 1.82) is 0 Å². The van der Waals surface area contributed by atoms with Crippen molar-refractivity contribution in [2.24, 2.45) is 21.8 Å². The third-order valence-corrected chi connectivity index (χ3v) is 6.03. The third-order valence-electron chi connectivity index (χ3n) is 6.03. The monoisotopic (exact) mass is 361 g/mol. The Morgan fingerprint density at radius 2 is 2.15 bits per heavy atom. The molecule has 6 unspecified atom stereocenters. The number of aliphatic hydroxyl groups is 1. The first-order chi connectivity index (χ1) is 12.6. The predicted molar refractivity (Wildman–Crippen MR) is 102 cm³/mol. The SMILES string of the molecule is CCOC1=NC2NC(C3CN=C(C4CCC(O)NC4)C=C3C)NC2CC1. The van der Waals surface area contributed by atoms with Crippen LogP contribution >= 0.6 is 0 Å². The molecule has 4 aliphatic heterocycles. The molecular weight excluding hydrogens is 330 g/mol. The molecule has 2 saturated heterocycles. The topological polar surface area (TPSA) is 90.3 Å². The fourth-order valence-electron chi connectivity index (χ4n) is 4.49. The number of nitrogens with one attached hydrogen (secondary N) is 3. The molecule has 0 bridgehead atoms. The van der Waals surface area contributed by atoms with Crippen molar-refractivity contribution in [2.45, 2.75) is 64.1 Å². The van der Waals surface area contributed by atoms with E-state index in [2.05, 4.69) is 29.0 Å². The van der Waals surface area contributed by atoms with Crippen LogP contribution in [-0.4, -0.2) is 61.0 Å². The quantitative estimate of drug-likeness (QED) is 0.596. The number of aliphatic imine (C=N–C) groups is 2. The molecule has 0 aliphatic carbocycles. The van der Waals surface area contributed by atoms with Gasteiger partial charge in [0, 0.05) is 43.1 Å². The Labute approximate surface area is 155 Å². The second-order valence-electron chi connectivity index (χ2n) is 7.82. The normalized spacial score (nSPS) is 40.3. The van der Waals surface area contributed by atoms with Crippen molar-refractivity contribution in [3.05, 3.63) is 11.6 Å². The zero-order valence-corrected chi connectivity index (χ0v) is 15.7. The Morgan fingerprint density at radius 3 is 2.88 bits per heavy atom. The molecular formula is C19H31N5O2. The summed E-state index contributed by atoms with van der Waals surface area (Å²) in [6.45, 7) is 6.52. The number of fused-ring (bicyclic) bond motifs is 1. The van der Waals surface area contributed by atoms with Crippen LogP contribution in [0.4, 0.5) is 0 Å². The molecule has 6 atom stereocenters. The van der Waals surface area contributed by atoms with Gasteiger partial charge in [-0.25, -0.2) is 4.99 Å². The lowest BCUT2D eigenvalue weighted by Gasteiger charge is -2.31. The summed E-state index contributed by atoms with van der Waals surface area (Å²) in [6.07, 6.45) is 6.01. The van der Waals surface area contributed by atoms with E-state index in [1.54, 1.807) is 0 Å². The van der Waals surface area contributed by atoms with Gasteiger partial charge in [0.25, 0.3) is 0 Å². The first kappa shape index (κ1) is 18.1. The molecule has 0 aromatic carbocycles. The number of nitrogens with zero attached hydrogens (tertiary/aromatic N) is 2. The van der Waals surface area contributed by atoms with E-state index in [1.807, 2.05) is 6.92 Å². The summed E-state index contributed by atoms with van der Waals surface area (Å²) in [5.41, 5.74) is 2.56. The maximum absolute atomic E-state index is 9.61. The van der Waals surface area contributed by atoms with E-state index in [-0.39, 0.29) is 18.6 Å². The van der Waals surface area contributed by atoms with E-state index >= 15 is 0 Å². The summed E-state index contributed by atoms with van der Waals surface area (Å²) in [6, 6.07) is 0.381. The van der Waals surface area contributed by atoms with Crippen LogP contribution in [0.25, 0.3) is 0 Å². The van der Waals surface area contributed by atoms with Gasteiger partial charge in [0.05, 0.1) is 12.8 Å². The first-order valence-electron chi connectivity index (χ1n) is 9.99. The van der Waals surface area contributed by atoms with Gasteiger partial charge in [-0.3, -0.25) is 20.9 Å². The maximum atomic E-state index is 9.61. The number of dihydropyridines is 1. The van der Waals surface area contributed by atoms with Crippen LogP contribution in [0.5, 0.6) is 0 Å². The minimum Gasteiger partial charge on any atom is -0.481 e. The zero-order valence-electron chi connectivity index (χ0n) is 15.7. The van der Waals surface area contributed by atoms with E-state index in [0.29, 0.717) is 24.5 Å². The number of hydrogen-bond acceptors (Lipinski definition) is 7. The van der Waals surface area contributed by atoms with Gasteiger partial charge < -0.3 is 9.84 Å². The highest BCUT2D eigenvalue weighted by Crippen LogP contribution is 2.28. The predicted octanol–water partition coefficient (Wildman–Crippen LogP) is 0.764. The van der Waals surface area contributed by atoms with Gasteiger partial charge in [-0.1, -0.05) is 5.57 Å². The average molecular weight is 361 g/mol. The number of allylic oxidation sites excluding steroid dienone is 1. The standard InChI is InChI=1S/C19H31N5O2/c1-3-26-17-7-5-14-19(23-17)24-18(22-14)13-10-20-15(8-11(13)2)12-4-6-16(25)21-9-12/h8,12-14,16,18-19,21-22,24-25H,3-7,9-10H2,1-2H3. The van der Waals surface area contributed by atoms with Crippen LogP contribution < -0.4 is 16.0 Å². The molecule has 0 aromatic rings. The zero-order chi connectivity index (χ0) is 18.1. The van der Waals surface area contributed by atoms with Gasteiger partial charge in [0.2, 0.25) is 0 Å². The van der Waals surface area contributed by atoms with E-state index < -0.39 is 0 Å². The fraction of sp³-hybridized carbons (Fsp3) is 0.789. The Balaban J connectivity index is 1.38. The van der Waals surface area contributed by atoms with Crippen LogP contribution in [0.15, 0.2) is 21.6 Å². The molecule has 4 rings (SSSR count). The lowest BCUT2D eigenvalue weighted by Crippen LogP contribution is -2.45. The van der Waals surface area contributed by atoms with Crippen LogP contribution in [0.3, 0.4) is 0 Å². The molecule has 144 valence electrons. The van der Waals surface area contributed by atoms with E-state index in [0.717, 1.165) is 44.7 Å². The molecule has 2 fully saturated rings. The highest BCUT2D eigenvalue weighted by Gasteiger charge is 2.40. The fourth-order valence-corrected chi connectivity index (χ4v) is 4.49. The summed E-state index contributed by atoms with van der Waals surface area (Å²) in [5.74, 6) is 1.66. The van der Waals surface area contributed by atoms with Crippen molar-refractivity contribution in [3.63, 3.8) is 0 Å². The summed E-state index contributed by atoms with van der Waals surface area (Å²) >= 11 is 0. The average Bonchev–Trinajstić information content (AvgIpc) is 3.05. The molecule has 7 heteroatoms. The Morgan fingerprint density at radius 1 is 1.27 bits per heavy atom. The van der Waals surface area contributed by atoms with Crippen molar-refractivity contribution in [1.82, 2.24) is 16.0 Å². The number of piperidine rings is 1. The van der Waals surface area contributed by atoms with Gasteiger partial charge in [0.15, 0.2) is 5.90 Å². The third kappa shape index (κ3) is 3.71. The number of aliphatic hydroxyl groups excluding tert-OH is 1. The summed E-state index contributed by atoms with van der Waals surface area (Å²) in [7, 11) is 0. The maximum Gasteiger partial charge on any atom is 0.184 e. The van der Waals surface area contributed by atoms with E-state index in [9.17, 15) is 5.11 Å². The number of ether oxygens (including phenoxy) is 1. The second-order valence-corrected chi connectivity index (χ2v) is 7.82. The highest BCUT2D eigenvalue weighted by molar-refractivity contribution is 5.98. The van der Waals surface area contributed by atoms with Crippen molar-refractivity contribution >= 4 is 11.6 Å². The minimum absolute atomic E-state index is 0.109. The number of rotatable bonds is 3. The second kappa shape index (κ2) is 7.76. The number of hydrogen-bond donors (Lipinski definition) is 4. The van der Waals surface area contributed by atoms with Crippen molar-refractivity contribution < 1.29 is 9.84 Å². The molecule has 4 N–H and O–H groups in total. The molecule has 0 spiro atoms. The molecule has 0 saturated carbocycles. The van der Waals surface area contributed by atoms with Gasteiger partial charge in [-0.2, -0.15) is 0 Å². The van der Waals surface area contributed by atoms with Crippen LogP contribution in [0.1, 0.15) is 39.5 Å². The Kier molecular flexibility index (Phi) is 5.40. The summed E-state index contributed by atoms with van der Waals surface area (Å²) in [4.78, 5) is 9.63. The van der Waals surface area contributed by atoms with Gasteiger partial charge >= 0.3 is 0 Å². The van der Waals surface area contributed by atoms with Crippen LogP contribution in [0, 0.1) is 11.8 Å². The highest BCUT2D eigenvalue weighted by atomic mass is 16.5. The van der Waals surface area contributed by atoms with Crippen molar-refractivity contribution in [3.8, 4) is 0 Å².